The smallest absolute Gasteiger partial charge is 0.332 e. The number of para-hydroxylation sites is 2. The molecule has 0 spiro atoms. The molecule has 7 rings (SSSR count). The lowest BCUT2D eigenvalue weighted by molar-refractivity contribution is -0.120. The maximum absolute atomic E-state index is 14.3. The van der Waals surface area contributed by atoms with Crippen molar-refractivity contribution in [3.63, 3.8) is 0 Å². The number of anilines is 1. The van der Waals surface area contributed by atoms with Crippen LogP contribution in [0.15, 0.2) is 97.1 Å². The molecule has 2 N–H and O–H groups in total. The minimum absolute atomic E-state index is 0.218. The molecule has 0 bridgehead atoms. The first kappa shape index (κ1) is 27.4. The number of methoxy groups -OCH3 is 1. The van der Waals surface area contributed by atoms with E-state index < -0.39 is 24.0 Å². The highest BCUT2D eigenvalue weighted by Gasteiger charge is 2.53. The molecule has 3 heterocycles. The van der Waals surface area contributed by atoms with Crippen LogP contribution in [0.5, 0.6) is 5.75 Å². The van der Waals surface area contributed by atoms with Gasteiger partial charge in [-0.3, -0.25) is 14.5 Å². The molecule has 5 aromatic rings. The first-order chi connectivity index (χ1) is 21.4. The van der Waals surface area contributed by atoms with Gasteiger partial charge in [-0.05, 0) is 65.6 Å². The molecule has 0 aliphatic carbocycles. The van der Waals surface area contributed by atoms with E-state index in [-0.39, 0.29) is 23.0 Å². The number of hydrogen-bond acceptors (Lipinski definition) is 4. The number of halogens is 1. The fourth-order valence-electron chi connectivity index (χ4n) is 6.38. The van der Waals surface area contributed by atoms with Crippen molar-refractivity contribution in [3.05, 3.63) is 131 Å². The van der Waals surface area contributed by atoms with Gasteiger partial charge in [0.2, 0.25) is 0 Å². The number of carbonyl (C=O) groups is 3. The number of amides is 4. The molecular weight excluding hydrogens is 559 g/mol. The summed E-state index contributed by atoms with van der Waals surface area (Å²) in [6.45, 7) is 0.301. The maximum Gasteiger partial charge on any atom is 0.332 e. The Hall–Kier alpha value is -5.44. The highest BCUT2D eigenvalue weighted by atomic mass is 19.1. The average molecular weight is 589 g/mol. The molecule has 8 nitrogen and oxygen atoms in total. The fourth-order valence-corrected chi connectivity index (χ4v) is 6.38. The van der Waals surface area contributed by atoms with E-state index >= 15 is 0 Å². The quantitative estimate of drug-likeness (QED) is 0.236. The van der Waals surface area contributed by atoms with Crippen molar-refractivity contribution in [3.8, 4) is 5.75 Å². The van der Waals surface area contributed by atoms with Crippen molar-refractivity contribution in [1.29, 1.82) is 0 Å². The van der Waals surface area contributed by atoms with E-state index in [0.717, 1.165) is 38.2 Å². The minimum Gasteiger partial charge on any atom is -0.497 e. The Kier molecular flexibility index (Phi) is 6.85. The summed E-state index contributed by atoms with van der Waals surface area (Å²) in [4.78, 5) is 48.2. The topological polar surface area (TPSA) is 94.7 Å². The van der Waals surface area contributed by atoms with Gasteiger partial charge >= 0.3 is 6.03 Å². The van der Waals surface area contributed by atoms with Crippen molar-refractivity contribution < 1.29 is 23.5 Å². The fraction of sp³-hybridized carbons (Fsp3) is 0.171. The van der Waals surface area contributed by atoms with Gasteiger partial charge in [0.05, 0.1) is 18.4 Å². The summed E-state index contributed by atoms with van der Waals surface area (Å²) >= 11 is 0. The second-order valence-electron chi connectivity index (χ2n) is 11.0. The number of rotatable bonds is 7. The third-order valence-electron chi connectivity index (χ3n) is 8.46. The third-order valence-corrected chi connectivity index (χ3v) is 8.46. The van der Waals surface area contributed by atoms with Crippen molar-refractivity contribution in [1.82, 2.24) is 15.2 Å². The molecule has 2 aliphatic rings. The zero-order valence-electron chi connectivity index (χ0n) is 23.9. The normalized spacial score (nSPS) is 17.5. The van der Waals surface area contributed by atoms with E-state index in [2.05, 4.69) is 10.3 Å². The minimum atomic E-state index is -0.764. The van der Waals surface area contributed by atoms with Gasteiger partial charge in [0.25, 0.3) is 11.8 Å². The summed E-state index contributed by atoms with van der Waals surface area (Å²) in [6.07, 6.45) is 0.840. The molecule has 4 aromatic carbocycles. The van der Waals surface area contributed by atoms with Crippen molar-refractivity contribution in [2.24, 2.45) is 0 Å². The highest BCUT2D eigenvalue weighted by Crippen LogP contribution is 2.45. The largest absolute Gasteiger partial charge is 0.497 e. The number of hydrogen-bond donors (Lipinski definition) is 2. The van der Waals surface area contributed by atoms with Crippen LogP contribution in [0, 0.1) is 5.82 Å². The number of benzene rings is 4. The maximum atomic E-state index is 14.3. The summed E-state index contributed by atoms with van der Waals surface area (Å²) in [7, 11) is 1.59. The average Bonchev–Trinajstić information content (AvgIpc) is 3.54. The van der Waals surface area contributed by atoms with Gasteiger partial charge in [-0.15, -0.1) is 0 Å². The summed E-state index contributed by atoms with van der Waals surface area (Å²) < 4.78 is 18.8. The number of ether oxygens (including phenoxy) is 1. The first-order valence-electron chi connectivity index (χ1n) is 14.5. The van der Waals surface area contributed by atoms with Gasteiger partial charge in [0, 0.05) is 29.6 Å². The molecule has 0 saturated carbocycles. The number of H-pyrrole nitrogens is 1. The Morgan fingerprint density at radius 1 is 0.977 bits per heavy atom. The number of nitrogens with one attached hydrogen (secondary N) is 2. The van der Waals surface area contributed by atoms with E-state index in [1.165, 1.54) is 12.1 Å². The molecule has 1 fully saturated rings. The van der Waals surface area contributed by atoms with Crippen molar-refractivity contribution in [2.45, 2.75) is 24.9 Å². The molecule has 0 unspecified atom stereocenters. The Balaban J connectivity index is 1.24. The van der Waals surface area contributed by atoms with Gasteiger partial charge in [-0.2, -0.15) is 0 Å². The van der Waals surface area contributed by atoms with Crippen LogP contribution in [0.4, 0.5) is 14.9 Å². The van der Waals surface area contributed by atoms with Gasteiger partial charge in [-0.1, -0.05) is 54.6 Å². The number of imide groups is 1. The predicted octanol–water partition coefficient (Wildman–Crippen LogP) is 5.77. The SMILES string of the molecule is COc1cccc([C@H]2c3[nH]c4ccccc4c3C[C@H]3C(=O)N(c4ccccc4C(=O)NCCc4ccc(F)cc4)C(=O)N23)c1. The van der Waals surface area contributed by atoms with Crippen LogP contribution < -0.4 is 15.0 Å². The summed E-state index contributed by atoms with van der Waals surface area (Å²) in [5, 5.41) is 3.89. The molecule has 220 valence electrons. The van der Waals surface area contributed by atoms with E-state index in [4.69, 9.17) is 4.74 Å². The van der Waals surface area contributed by atoms with Crippen LogP contribution in [-0.4, -0.2) is 47.4 Å². The standard InChI is InChI=1S/C35H29FN4O4/c1-44-24-8-6-7-22(19-24)32-31-27(25-9-2-4-11-28(25)38-31)20-30-34(42)40(35(43)39(30)32)29-12-5-3-10-26(29)33(41)37-18-17-21-13-15-23(36)16-14-21/h2-16,19,30,32,38H,17-18,20H2,1H3,(H,37,41)/t30-,32-/m0/s1. The molecular formula is C35H29FN4O4. The van der Waals surface area contributed by atoms with Crippen LogP contribution >= 0.6 is 0 Å². The number of urea groups is 1. The van der Waals surface area contributed by atoms with Crippen LogP contribution in [0.1, 0.15) is 38.8 Å². The molecule has 2 atom stereocenters. The molecule has 9 heteroatoms. The second-order valence-corrected chi connectivity index (χ2v) is 11.0. The zero-order valence-corrected chi connectivity index (χ0v) is 23.9. The van der Waals surface area contributed by atoms with Crippen LogP contribution in [0.3, 0.4) is 0 Å². The van der Waals surface area contributed by atoms with Gasteiger partial charge < -0.3 is 15.0 Å². The van der Waals surface area contributed by atoms with Crippen LogP contribution in [0.2, 0.25) is 0 Å². The van der Waals surface area contributed by atoms with E-state index in [1.807, 2.05) is 48.5 Å². The monoisotopic (exact) mass is 588 g/mol. The van der Waals surface area contributed by atoms with Gasteiger partial charge in [-0.25, -0.2) is 14.1 Å². The lowest BCUT2D eigenvalue weighted by Crippen LogP contribution is -2.44. The molecule has 44 heavy (non-hydrogen) atoms. The third kappa shape index (κ3) is 4.57. The van der Waals surface area contributed by atoms with Gasteiger partial charge in [0.1, 0.15) is 23.7 Å². The number of carbonyl (C=O) groups excluding carboxylic acids is 3. The van der Waals surface area contributed by atoms with Crippen molar-refractivity contribution in [2.75, 3.05) is 18.6 Å². The van der Waals surface area contributed by atoms with E-state index in [1.54, 1.807) is 48.4 Å². The molecule has 4 amide bonds. The number of nitrogens with zero attached hydrogens (tertiary/aromatic N) is 2. The van der Waals surface area contributed by atoms with Crippen molar-refractivity contribution >= 4 is 34.4 Å². The Bertz CT molecular complexity index is 1920. The Morgan fingerprint density at radius 3 is 2.57 bits per heavy atom. The second kappa shape index (κ2) is 11.0. The summed E-state index contributed by atoms with van der Waals surface area (Å²) in [5.74, 6) is -0.476. The predicted molar refractivity (Wildman–Crippen MR) is 164 cm³/mol. The lowest BCUT2D eigenvalue weighted by atomic mass is 9.89. The zero-order chi connectivity index (χ0) is 30.4. The summed E-state index contributed by atoms with van der Waals surface area (Å²) in [6, 6.07) is 26.3. The Morgan fingerprint density at radius 2 is 1.75 bits per heavy atom. The molecule has 2 aliphatic heterocycles. The summed E-state index contributed by atoms with van der Waals surface area (Å²) in [5.41, 5.74) is 4.91. The highest BCUT2D eigenvalue weighted by molar-refractivity contribution is 6.24. The van der Waals surface area contributed by atoms with E-state index in [0.29, 0.717) is 25.1 Å². The molecule has 1 aromatic heterocycles. The van der Waals surface area contributed by atoms with Crippen LogP contribution in [-0.2, 0) is 17.6 Å². The molecule has 0 radical (unpaired) electrons. The number of aromatic nitrogens is 1. The first-order valence-corrected chi connectivity index (χ1v) is 14.5. The molecule has 1 saturated heterocycles. The Labute approximate surface area is 253 Å². The van der Waals surface area contributed by atoms with E-state index in [9.17, 15) is 18.8 Å². The van der Waals surface area contributed by atoms with Crippen LogP contribution in [0.25, 0.3) is 10.9 Å². The lowest BCUT2D eigenvalue weighted by Gasteiger charge is -2.36. The number of fused-ring (bicyclic) bond motifs is 4. The number of aromatic amines is 1. The van der Waals surface area contributed by atoms with Gasteiger partial charge in [0.15, 0.2) is 0 Å².